The highest BCUT2D eigenvalue weighted by Crippen LogP contribution is 2.49. The van der Waals surface area contributed by atoms with Gasteiger partial charge in [-0.25, -0.2) is 0 Å². The lowest BCUT2D eigenvalue weighted by Gasteiger charge is -2.34. The molecule has 0 radical (unpaired) electrons. The Morgan fingerprint density at radius 2 is 0.652 bits per heavy atom. The topological polar surface area (TPSA) is 401 Å². The van der Waals surface area contributed by atoms with Crippen LogP contribution in [-0.2, 0) is 16.1 Å². The van der Waals surface area contributed by atoms with E-state index in [2.05, 4.69) is 281 Å². The van der Waals surface area contributed by atoms with E-state index < -0.39 is 0 Å². The Labute approximate surface area is 817 Å². The van der Waals surface area contributed by atoms with Crippen molar-refractivity contribution in [1.82, 2.24) is 105 Å². The fraction of sp³-hybridized carbons (Fsp3) is 0.327. The molecule has 14 N–H and O–H groups in total. The predicted octanol–water partition coefficient (Wildman–Crippen LogP) is 14.9. The molecular weight excluding hydrogens is 1770 g/mol. The number of carbonyl (C=O) groups is 2. The van der Waals surface area contributed by atoms with E-state index in [-0.39, 0.29) is 42.4 Å². The molecule has 0 bridgehead atoms. The molecule has 2 amide bonds. The predicted molar refractivity (Wildman–Crippen MR) is 562 cm³/mol. The molecule has 0 saturated carbocycles. The molecular formula is C104H119N35O2. The number of fused-ring (bicyclic) bond motifs is 8. The number of aromatic amines is 4. The normalized spacial score (nSPS) is 17.9. The zero-order valence-electron chi connectivity index (χ0n) is 81.0. The third kappa shape index (κ3) is 19.8. The SMILES string of the molecule is CC(C)C(=O)Nc1cncc(-c2ccc3n[nH]c(C4Nc5cncc(N6CCN(C)CC6)c5N4)c3c2)c1.CC(C)CC(=O)Nc1cncc(-c2ccc3n[nH]c(C4Nc5cncc(N6CCN(C)CC6)c5N4)c3c2)c1.CN(C)Cc1cncc(-c2ccc3n[nH]c(C4Nc5cncc(N6CCN(C)CC6)c5N4)c3c2)c1.CN1CCN(c2cncc3c2NC(c2[nH]nc4ccc(-c5cccnc5)cc24)N3)CC1. The van der Waals surface area contributed by atoms with Crippen LogP contribution in [0.25, 0.3) is 88.1 Å². The number of amides is 2. The zero-order valence-corrected chi connectivity index (χ0v) is 81.0. The van der Waals surface area contributed by atoms with Gasteiger partial charge >= 0.3 is 0 Å². The van der Waals surface area contributed by atoms with Crippen LogP contribution >= 0.6 is 0 Å². The second-order valence-corrected chi connectivity index (χ2v) is 38.6. The molecule has 4 aromatic carbocycles. The Morgan fingerprint density at radius 1 is 0.340 bits per heavy atom. The number of hydrogen-bond acceptors (Lipinski definition) is 31. The minimum atomic E-state index is -0.166. The van der Waals surface area contributed by atoms with Crippen LogP contribution in [0.15, 0.2) is 202 Å². The summed E-state index contributed by atoms with van der Waals surface area (Å²) in [5.74, 6) is 0.159. The average Bonchev–Trinajstić information content (AvgIpc) is 1.63. The maximum Gasteiger partial charge on any atom is 0.226 e. The number of rotatable bonds is 19. The standard InChI is InChI=1S/C28H33N9O.C27H31N9O.C26H31N9.C23H24N8/c1-17(2)10-25(38)31-20-11-19(13-29-14-20)18-4-5-22-21(12-18)26(35-34-22)28-32-23-15-30-16-24(27(23)33-28)37-8-6-36(3)7-9-37;1-16(2)27(37)30-19-10-18(12-28-13-19)17-4-5-21-20(11-17)24(34-33-21)26-31-22-14-29-15-23(25(22)32-26)36-8-6-35(3)7-9-36;1-33(2)16-17-10-19(13-27-12-17)18-4-5-21-20(11-18)24(32-31-21)26-29-22-14-28-15-23(25(22)30-26)35-8-6-34(3)7-9-35;1-30-7-9-31(10-8-30)20-14-25-13-19-22(20)27-23(26-19)21-17-11-15(4-5-18(17)28-29-21)16-3-2-6-24-12-16/h4-5,11-17,28,32-33H,6-10H2,1-3H3,(H,31,38)(H,34,35);4-5,10-16,26,31-32H,6-9H2,1-3H3,(H,30,37)(H,33,34);4-5,10-15,26,29-30H,6-9,16H2,1-3H3,(H,31,32);2-6,11-14,23,26-27H,7-10H2,1H3,(H,28,29). The van der Waals surface area contributed by atoms with E-state index in [0.29, 0.717) is 23.7 Å². The Bertz CT molecular complexity index is 7210. The smallest absolute Gasteiger partial charge is 0.226 e. The first kappa shape index (κ1) is 91.7. The minimum Gasteiger partial charge on any atom is -0.366 e. The molecule has 0 aliphatic carbocycles. The van der Waals surface area contributed by atoms with E-state index in [9.17, 15) is 9.59 Å². The van der Waals surface area contributed by atoms with Gasteiger partial charge < -0.3 is 97.3 Å². The van der Waals surface area contributed by atoms with Gasteiger partial charge in [0.2, 0.25) is 11.8 Å². The Morgan fingerprint density at radius 3 is 0.972 bits per heavy atom. The third-order valence-corrected chi connectivity index (χ3v) is 27.4. The van der Waals surface area contributed by atoms with Crippen molar-refractivity contribution >= 4 is 135 Å². The molecule has 722 valence electrons. The van der Waals surface area contributed by atoms with Gasteiger partial charge in [0.05, 0.1) is 186 Å². The van der Waals surface area contributed by atoms with E-state index in [0.717, 1.165) is 290 Å². The van der Waals surface area contributed by atoms with Crippen LogP contribution in [0.1, 0.15) is 87.1 Å². The summed E-state index contributed by atoms with van der Waals surface area (Å²) in [5.41, 5.74) is 31.4. The van der Waals surface area contributed by atoms with Crippen LogP contribution in [0.4, 0.5) is 79.6 Å². The number of pyridine rings is 8. The summed E-state index contributed by atoms with van der Waals surface area (Å²) >= 11 is 0. The van der Waals surface area contributed by atoms with Crippen molar-refractivity contribution in [3.8, 4) is 44.5 Å². The van der Waals surface area contributed by atoms with Crippen molar-refractivity contribution in [3.63, 3.8) is 0 Å². The maximum atomic E-state index is 12.3. The van der Waals surface area contributed by atoms with Crippen LogP contribution in [-0.4, -0.2) is 264 Å². The zero-order chi connectivity index (χ0) is 96.5. The van der Waals surface area contributed by atoms with Crippen LogP contribution < -0.4 is 72.8 Å². The monoisotopic (exact) mass is 1890 g/mol. The Kier molecular flexibility index (Phi) is 26.0. The Balaban J connectivity index is 0.000000112. The molecule has 37 nitrogen and oxygen atoms in total. The summed E-state index contributed by atoms with van der Waals surface area (Å²) in [4.78, 5) is 81.1. The van der Waals surface area contributed by atoms with E-state index >= 15 is 0 Å². The van der Waals surface area contributed by atoms with Crippen molar-refractivity contribution < 1.29 is 9.59 Å². The number of nitrogens with one attached hydrogen (secondary N) is 14. The second-order valence-electron chi connectivity index (χ2n) is 38.6. The van der Waals surface area contributed by atoms with E-state index in [1.165, 1.54) is 5.56 Å². The van der Waals surface area contributed by atoms with Gasteiger partial charge in [-0.3, -0.25) is 69.9 Å². The summed E-state index contributed by atoms with van der Waals surface area (Å²) in [6, 6.07) is 35.2. The summed E-state index contributed by atoms with van der Waals surface area (Å²) < 4.78 is 0. The van der Waals surface area contributed by atoms with Gasteiger partial charge in [0.15, 0.2) is 0 Å². The van der Waals surface area contributed by atoms with E-state index in [1.807, 2.05) is 151 Å². The van der Waals surface area contributed by atoms with Gasteiger partial charge in [0.1, 0.15) is 24.7 Å². The molecule has 37 heteroatoms. The van der Waals surface area contributed by atoms with Crippen molar-refractivity contribution in [2.45, 2.75) is 65.3 Å². The number of carbonyl (C=O) groups excluding carboxylic acids is 2. The van der Waals surface area contributed by atoms with Crippen LogP contribution in [0.3, 0.4) is 0 Å². The molecule has 8 aliphatic heterocycles. The van der Waals surface area contributed by atoms with Crippen LogP contribution in [0, 0.1) is 11.8 Å². The second kappa shape index (κ2) is 40.0. The Hall–Kier alpha value is -15.7. The first-order chi connectivity index (χ1) is 68.7. The molecule has 0 spiro atoms. The summed E-state index contributed by atoms with van der Waals surface area (Å²) in [6.45, 7) is 24.9. The highest BCUT2D eigenvalue weighted by atomic mass is 16.2. The largest absolute Gasteiger partial charge is 0.366 e. The number of benzene rings is 4. The maximum absolute atomic E-state index is 12.3. The first-order valence-electron chi connectivity index (χ1n) is 48.4. The summed E-state index contributed by atoms with van der Waals surface area (Å²) in [7, 11) is 12.8. The summed E-state index contributed by atoms with van der Waals surface area (Å²) in [5, 5.41) is 70.4. The van der Waals surface area contributed by atoms with Gasteiger partial charge in [0.25, 0.3) is 0 Å². The van der Waals surface area contributed by atoms with Gasteiger partial charge in [-0.15, -0.1) is 0 Å². The highest BCUT2D eigenvalue weighted by Gasteiger charge is 2.36. The number of piperazine rings is 4. The fourth-order valence-electron chi connectivity index (χ4n) is 19.5. The molecule has 4 fully saturated rings. The number of nitrogens with zero attached hydrogens (tertiary/aromatic N) is 21. The lowest BCUT2D eigenvalue weighted by Crippen LogP contribution is -2.44. The molecule has 20 heterocycles. The fourth-order valence-corrected chi connectivity index (χ4v) is 19.5. The van der Waals surface area contributed by atoms with Crippen LogP contribution in [0.2, 0.25) is 0 Å². The lowest BCUT2D eigenvalue weighted by molar-refractivity contribution is -0.119. The molecule has 24 rings (SSSR count). The number of likely N-dealkylation sites (N-methyl/N-ethyl adjacent to an activating group) is 4. The van der Waals surface area contributed by atoms with E-state index in [1.54, 1.807) is 18.6 Å². The summed E-state index contributed by atoms with van der Waals surface area (Å²) in [6.07, 6.45) is 29.8. The molecule has 141 heavy (non-hydrogen) atoms. The number of anilines is 14. The van der Waals surface area contributed by atoms with E-state index in [4.69, 9.17) is 0 Å². The van der Waals surface area contributed by atoms with Gasteiger partial charge in [-0.1, -0.05) is 58.0 Å². The highest BCUT2D eigenvalue weighted by molar-refractivity contribution is 5.98. The quantitative estimate of drug-likeness (QED) is 0.0357. The number of H-pyrrole nitrogens is 4. The van der Waals surface area contributed by atoms with Crippen LogP contribution in [0.5, 0.6) is 0 Å². The number of hydrogen-bond donors (Lipinski definition) is 14. The van der Waals surface area contributed by atoms with Crippen molar-refractivity contribution in [2.24, 2.45) is 11.8 Å². The molecule has 4 saturated heterocycles. The van der Waals surface area contributed by atoms with Gasteiger partial charge in [0, 0.05) is 205 Å². The third-order valence-electron chi connectivity index (χ3n) is 27.4. The van der Waals surface area contributed by atoms with Gasteiger partial charge in [-0.2, -0.15) is 20.4 Å². The number of aromatic nitrogens is 16. The molecule has 4 atom stereocenters. The molecule has 12 aromatic heterocycles. The average molecular weight is 1890 g/mol. The van der Waals surface area contributed by atoms with Crippen molar-refractivity contribution in [2.75, 3.05) is 220 Å². The van der Waals surface area contributed by atoms with Crippen molar-refractivity contribution in [1.29, 1.82) is 0 Å². The first-order valence-corrected chi connectivity index (χ1v) is 48.4. The van der Waals surface area contributed by atoms with Gasteiger partial charge in [-0.05, 0) is 149 Å². The molecule has 8 aliphatic rings. The molecule has 16 aromatic rings. The van der Waals surface area contributed by atoms with Crippen molar-refractivity contribution in [3.05, 3.63) is 231 Å². The lowest BCUT2D eigenvalue weighted by atomic mass is 10.0. The molecule has 4 unspecified atom stereocenters. The minimum absolute atomic E-state index is 0.00472.